The number of esters is 1. The van der Waals surface area contributed by atoms with Crippen molar-refractivity contribution in [2.75, 3.05) is 26.3 Å². The van der Waals surface area contributed by atoms with Crippen LogP contribution in [0.1, 0.15) is 37.0 Å². The highest BCUT2D eigenvalue weighted by Gasteiger charge is 2.26. The van der Waals surface area contributed by atoms with Gasteiger partial charge in [0, 0.05) is 19.0 Å². The molecule has 0 aliphatic carbocycles. The predicted molar refractivity (Wildman–Crippen MR) is 95.6 cm³/mol. The summed E-state index contributed by atoms with van der Waals surface area (Å²) in [7, 11) is 0. The third-order valence-corrected chi connectivity index (χ3v) is 4.23. The maximum absolute atomic E-state index is 12.2. The third kappa shape index (κ3) is 5.75. The summed E-state index contributed by atoms with van der Waals surface area (Å²) in [5, 5.41) is 0. The number of amides is 2. The summed E-state index contributed by atoms with van der Waals surface area (Å²) in [5.74, 6) is -0.387. The molecular formula is C19H26N2O5. The van der Waals surface area contributed by atoms with Crippen LogP contribution in [0.3, 0.4) is 0 Å². The summed E-state index contributed by atoms with van der Waals surface area (Å²) in [5.41, 5.74) is 5.62. The monoisotopic (exact) mass is 362 g/mol. The number of likely N-dealkylation sites (tertiary alicyclic amines) is 1. The molecule has 26 heavy (non-hydrogen) atoms. The number of hydrogen-bond donors (Lipinski definition) is 1. The smallest absolute Gasteiger partial charge is 0.338 e. The van der Waals surface area contributed by atoms with Crippen LogP contribution in [0.5, 0.6) is 5.75 Å². The van der Waals surface area contributed by atoms with Crippen LogP contribution in [0.25, 0.3) is 0 Å². The Morgan fingerprint density at radius 3 is 2.54 bits per heavy atom. The molecule has 1 aliphatic rings. The van der Waals surface area contributed by atoms with E-state index >= 15 is 0 Å². The average molecular weight is 362 g/mol. The number of ether oxygens (including phenoxy) is 2. The van der Waals surface area contributed by atoms with Crippen molar-refractivity contribution in [3.05, 3.63) is 29.8 Å². The van der Waals surface area contributed by atoms with Crippen molar-refractivity contribution < 1.29 is 23.9 Å². The van der Waals surface area contributed by atoms with Gasteiger partial charge >= 0.3 is 5.97 Å². The summed E-state index contributed by atoms with van der Waals surface area (Å²) >= 11 is 0. The molecule has 1 aromatic carbocycles. The molecule has 1 saturated heterocycles. The van der Waals surface area contributed by atoms with Crippen LogP contribution in [0.15, 0.2) is 24.3 Å². The van der Waals surface area contributed by atoms with Crippen molar-refractivity contribution in [3.8, 4) is 5.75 Å². The molecule has 2 N–H and O–H groups in total. The lowest BCUT2D eigenvalue weighted by molar-refractivity contribution is -0.137. The number of piperidine rings is 1. The average Bonchev–Trinajstić information content (AvgIpc) is 2.64. The highest BCUT2D eigenvalue weighted by molar-refractivity contribution is 5.91. The number of primary amides is 1. The molecule has 1 fully saturated rings. The normalized spacial score (nSPS) is 15.0. The molecule has 7 heteroatoms. The van der Waals surface area contributed by atoms with E-state index in [1.165, 1.54) is 0 Å². The van der Waals surface area contributed by atoms with E-state index in [2.05, 4.69) is 0 Å². The van der Waals surface area contributed by atoms with E-state index in [4.69, 9.17) is 15.2 Å². The maximum atomic E-state index is 12.2. The van der Waals surface area contributed by atoms with Gasteiger partial charge < -0.3 is 20.1 Å². The van der Waals surface area contributed by atoms with Gasteiger partial charge in [-0.25, -0.2) is 4.79 Å². The van der Waals surface area contributed by atoms with Crippen LogP contribution in [0.2, 0.25) is 0 Å². The van der Waals surface area contributed by atoms with Gasteiger partial charge in [-0.3, -0.25) is 9.59 Å². The molecule has 1 aliphatic heterocycles. The molecule has 1 aromatic rings. The lowest BCUT2D eigenvalue weighted by Crippen LogP contribution is -2.43. The second-order valence-electron chi connectivity index (χ2n) is 6.87. The minimum atomic E-state index is -0.569. The van der Waals surface area contributed by atoms with E-state index in [-0.39, 0.29) is 24.3 Å². The topological polar surface area (TPSA) is 98.9 Å². The Labute approximate surface area is 153 Å². The standard InChI is InChI=1S/C19H26N2O5/c1-13(2)11-25-16-5-3-4-15(10-16)19(24)26-12-17(22)21-8-6-14(7-9-21)18(20)23/h3-5,10,13-14H,6-9,11-12H2,1-2H3,(H2,20,23). The molecule has 1 heterocycles. The Hall–Kier alpha value is -2.57. The number of rotatable bonds is 7. The fraction of sp³-hybridized carbons (Fsp3) is 0.526. The van der Waals surface area contributed by atoms with Crippen LogP contribution in [0, 0.1) is 11.8 Å². The zero-order valence-electron chi connectivity index (χ0n) is 15.3. The molecule has 0 unspecified atom stereocenters. The fourth-order valence-corrected chi connectivity index (χ4v) is 2.69. The SMILES string of the molecule is CC(C)COc1cccc(C(=O)OCC(=O)N2CCC(C(N)=O)CC2)c1. The van der Waals surface area contributed by atoms with Gasteiger partial charge in [-0.15, -0.1) is 0 Å². The van der Waals surface area contributed by atoms with E-state index in [1.54, 1.807) is 29.2 Å². The zero-order chi connectivity index (χ0) is 19.1. The largest absolute Gasteiger partial charge is 0.493 e. The first kappa shape index (κ1) is 19.8. The van der Waals surface area contributed by atoms with Crippen LogP contribution < -0.4 is 10.5 Å². The lowest BCUT2D eigenvalue weighted by Gasteiger charge is -2.30. The van der Waals surface area contributed by atoms with E-state index in [9.17, 15) is 14.4 Å². The Morgan fingerprint density at radius 2 is 1.92 bits per heavy atom. The van der Waals surface area contributed by atoms with Crippen molar-refractivity contribution in [1.29, 1.82) is 0 Å². The van der Waals surface area contributed by atoms with Crippen molar-refractivity contribution in [1.82, 2.24) is 4.90 Å². The summed E-state index contributed by atoms with van der Waals surface area (Å²) < 4.78 is 10.7. The van der Waals surface area contributed by atoms with Gasteiger partial charge in [-0.2, -0.15) is 0 Å². The minimum Gasteiger partial charge on any atom is -0.493 e. The summed E-state index contributed by atoms with van der Waals surface area (Å²) in [6, 6.07) is 6.71. The second-order valence-corrected chi connectivity index (χ2v) is 6.87. The van der Waals surface area contributed by atoms with Crippen LogP contribution >= 0.6 is 0 Å². The number of nitrogens with zero attached hydrogens (tertiary/aromatic N) is 1. The summed E-state index contributed by atoms with van der Waals surface area (Å²) in [4.78, 5) is 37.1. The molecule has 2 rings (SSSR count). The van der Waals surface area contributed by atoms with Crippen LogP contribution in [0.4, 0.5) is 0 Å². The van der Waals surface area contributed by atoms with Gasteiger partial charge in [0.1, 0.15) is 5.75 Å². The summed E-state index contributed by atoms with van der Waals surface area (Å²) in [6.07, 6.45) is 1.09. The molecule has 0 bridgehead atoms. The number of benzene rings is 1. The van der Waals surface area contributed by atoms with Gasteiger partial charge in [-0.1, -0.05) is 19.9 Å². The highest BCUT2D eigenvalue weighted by atomic mass is 16.5. The molecule has 142 valence electrons. The third-order valence-electron chi connectivity index (χ3n) is 4.23. The maximum Gasteiger partial charge on any atom is 0.338 e. The van der Waals surface area contributed by atoms with Crippen molar-refractivity contribution in [3.63, 3.8) is 0 Å². The molecule has 7 nitrogen and oxygen atoms in total. The molecule has 0 aromatic heterocycles. The Kier molecular flexibility index (Phi) is 7.00. The number of carbonyl (C=O) groups is 3. The zero-order valence-corrected chi connectivity index (χ0v) is 15.3. The van der Waals surface area contributed by atoms with E-state index in [0.29, 0.717) is 49.8 Å². The van der Waals surface area contributed by atoms with Gasteiger partial charge in [-0.05, 0) is 37.0 Å². The Morgan fingerprint density at radius 1 is 1.23 bits per heavy atom. The van der Waals surface area contributed by atoms with Gasteiger partial charge in [0.15, 0.2) is 6.61 Å². The van der Waals surface area contributed by atoms with Crippen molar-refractivity contribution in [2.45, 2.75) is 26.7 Å². The molecule has 0 spiro atoms. The van der Waals surface area contributed by atoms with Crippen molar-refractivity contribution >= 4 is 17.8 Å². The second kappa shape index (κ2) is 9.22. The van der Waals surface area contributed by atoms with Gasteiger partial charge in [0.05, 0.1) is 12.2 Å². The number of carbonyl (C=O) groups excluding carboxylic acids is 3. The molecule has 0 atom stereocenters. The number of hydrogen-bond acceptors (Lipinski definition) is 5. The molecule has 0 saturated carbocycles. The first-order valence-corrected chi connectivity index (χ1v) is 8.84. The first-order valence-electron chi connectivity index (χ1n) is 8.84. The fourth-order valence-electron chi connectivity index (χ4n) is 2.69. The van der Waals surface area contributed by atoms with Crippen LogP contribution in [-0.4, -0.2) is 49.0 Å². The summed E-state index contributed by atoms with van der Waals surface area (Å²) in [6.45, 7) is 5.20. The minimum absolute atomic E-state index is 0.185. The van der Waals surface area contributed by atoms with Crippen molar-refractivity contribution in [2.24, 2.45) is 17.6 Å². The Bertz CT molecular complexity index is 651. The van der Waals surface area contributed by atoms with E-state index < -0.39 is 5.97 Å². The van der Waals surface area contributed by atoms with Crippen LogP contribution in [-0.2, 0) is 14.3 Å². The van der Waals surface area contributed by atoms with Gasteiger partial charge in [0.2, 0.25) is 5.91 Å². The highest BCUT2D eigenvalue weighted by Crippen LogP contribution is 2.17. The predicted octanol–water partition coefficient (Wildman–Crippen LogP) is 1.60. The molecule has 2 amide bonds. The lowest BCUT2D eigenvalue weighted by atomic mass is 9.96. The van der Waals surface area contributed by atoms with E-state index in [1.807, 2.05) is 13.8 Å². The van der Waals surface area contributed by atoms with Gasteiger partial charge in [0.25, 0.3) is 5.91 Å². The first-order chi connectivity index (χ1) is 12.4. The van der Waals surface area contributed by atoms with E-state index in [0.717, 1.165) is 0 Å². The molecular weight excluding hydrogens is 336 g/mol. The Balaban J connectivity index is 1.82. The molecule has 0 radical (unpaired) electrons. The quantitative estimate of drug-likeness (QED) is 0.743. The number of nitrogens with two attached hydrogens (primary N) is 1.